The molecule has 1 atom stereocenters. The second kappa shape index (κ2) is 9.47. The van der Waals surface area contributed by atoms with E-state index in [2.05, 4.69) is 102 Å². The summed E-state index contributed by atoms with van der Waals surface area (Å²) in [6, 6.07) is 16.1. The molecular formula is C33H37NO3. The van der Waals surface area contributed by atoms with Gasteiger partial charge < -0.3 is 10.2 Å². The van der Waals surface area contributed by atoms with Crippen LogP contribution in [0.3, 0.4) is 0 Å². The number of aliphatic hydroxyl groups excluding tert-OH is 1. The number of aliphatic hydroxyl groups is 1. The molecule has 0 aliphatic heterocycles. The van der Waals surface area contributed by atoms with Crippen molar-refractivity contribution in [1.29, 1.82) is 0 Å². The van der Waals surface area contributed by atoms with Crippen molar-refractivity contribution in [1.82, 2.24) is 4.98 Å². The fourth-order valence-electron chi connectivity index (χ4n) is 5.17. The topological polar surface area (TPSA) is 70.4 Å². The molecule has 0 amide bonds. The standard InChI is InChI=1S/C33H37NO3/c1-31(2,3)24-11-8-21(9-12-24)26-18-23(19-27-29(26)33(6,7)17-16-32(27,4)5)28(35)15-14-25-13-10-22(20-34-25)30(36)37/h8-13,18-20,28,35H,16-17H2,1-7H3,(H,36,37). The van der Waals surface area contributed by atoms with Gasteiger partial charge in [-0.25, -0.2) is 9.78 Å². The molecule has 0 bridgehead atoms. The third kappa shape index (κ3) is 5.48. The lowest BCUT2D eigenvalue weighted by Gasteiger charge is -2.43. The highest BCUT2D eigenvalue weighted by Gasteiger charge is 2.39. The zero-order valence-electron chi connectivity index (χ0n) is 22.9. The number of fused-ring (bicyclic) bond motifs is 1. The molecule has 1 heterocycles. The molecule has 2 N–H and O–H groups in total. The van der Waals surface area contributed by atoms with E-state index >= 15 is 0 Å². The lowest BCUT2D eigenvalue weighted by atomic mass is 9.61. The van der Waals surface area contributed by atoms with E-state index in [0.29, 0.717) is 5.69 Å². The Kier molecular flexibility index (Phi) is 6.82. The third-order valence-corrected chi connectivity index (χ3v) is 7.67. The summed E-state index contributed by atoms with van der Waals surface area (Å²) in [5.74, 6) is 4.79. The Morgan fingerprint density at radius 2 is 1.62 bits per heavy atom. The largest absolute Gasteiger partial charge is 0.478 e. The first-order valence-corrected chi connectivity index (χ1v) is 12.9. The molecular weight excluding hydrogens is 458 g/mol. The maximum absolute atomic E-state index is 11.2. The van der Waals surface area contributed by atoms with Crippen LogP contribution in [0.1, 0.15) is 106 Å². The number of hydrogen-bond acceptors (Lipinski definition) is 3. The quantitative estimate of drug-likeness (QED) is 0.378. The van der Waals surface area contributed by atoms with Crippen molar-refractivity contribution >= 4 is 5.97 Å². The van der Waals surface area contributed by atoms with E-state index in [-0.39, 0.29) is 21.8 Å². The Bertz CT molecular complexity index is 1380. The molecule has 1 unspecified atom stereocenters. The number of aromatic nitrogens is 1. The van der Waals surface area contributed by atoms with Crippen molar-refractivity contribution in [3.8, 4) is 23.0 Å². The van der Waals surface area contributed by atoms with Crippen molar-refractivity contribution in [3.63, 3.8) is 0 Å². The summed E-state index contributed by atoms with van der Waals surface area (Å²) < 4.78 is 0. The number of carboxylic acids is 1. The van der Waals surface area contributed by atoms with Gasteiger partial charge in [0.25, 0.3) is 0 Å². The molecule has 0 radical (unpaired) electrons. The second-order valence-corrected chi connectivity index (χ2v) is 12.5. The van der Waals surface area contributed by atoms with Crippen LogP contribution in [0.2, 0.25) is 0 Å². The Morgan fingerprint density at radius 3 is 2.19 bits per heavy atom. The summed E-state index contributed by atoms with van der Waals surface area (Å²) in [4.78, 5) is 15.2. The molecule has 2 aromatic carbocycles. The highest BCUT2D eigenvalue weighted by atomic mass is 16.4. The molecule has 4 nitrogen and oxygen atoms in total. The van der Waals surface area contributed by atoms with Gasteiger partial charge in [0.15, 0.2) is 0 Å². The van der Waals surface area contributed by atoms with Crippen LogP contribution in [0.5, 0.6) is 0 Å². The molecule has 0 saturated heterocycles. The zero-order valence-corrected chi connectivity index (χ0v) is 22.9. The van der Waals surface area contributed by atoms with Crippen LogP contribution < -0.4 is 0 Å². The zero-order chi connectivity index (χ0) is 27.2. The smallest absolute Gasteiger partial charge is 0.337 e. The van der Waals surface area contributed by atoms with Crippen molar-refractivity contribution in [2.75, 3.05) is 0 Å². The van der Waals surface area contributed by atoms with Crippen LogP contribution in [-0.4, -0.2) is 21.2 Å². The monoisotopic (exact) mass is 495 g/mol. The van der Waals surface area contributed by atoms with Gasteiger partial charge >= 0.3 is 5.97 Å². The Hall–Kier alpha value is -3.42. The van der Waals surface area contributed by atoms with E-state index in [1.807, 2.05) is 0 Å². The molecule has 1 aliphatic carbocycles. The lowest BCUT2D eigenvalue weighted by Crippen LogP contribution is -2.34. The molecule has 0 spiro atoms. The number of benzene rings is 2. The van der Waals surface area contributed by atoms with Crippen LogP contribution in [0.15, 0.2) is 54.7 Å². The first kappa shape index (κ1) is 26.6. The van der Waals surface area contributed by atoms with Gasteiger partial charge in [-0.1, -0.05) is 84.7 Å². The highest BCUT2D eigenvalue weighted by Crippen LogP contribution is 2.50. The summed E-state index contributed by atoms with van der Waals surface area (Å²) in [6.07, 6.45) is 2.45. The van der Waals surface area contributed by atoms with Gasteiger partial charge in [0, 0.05) is 6.20 Å². The molecule has 0 fully saturated rings. The van der Waals surface area contributed by atoms with Crippen molar-refractivity contribution < 1.29 is 15.0 Å². The molecule has 192 valence electrons. The highest BCUT2D eigenvalue weighted by molar-refractivity contribution is 5.87. The van der Waals surface area contributed by atoms with Crippen LogP contribution in [0, 0.1) is 11.8 Å². The maximum Gasteiger partial charge on any atom is 0.337 e. The number of nitrogens with zero attached hydrogens (tertiary/aromatic N) is 1. The van der Waals surface area contributed by atoms with E-state index < -0.39 is 12.1 Å². The van der Waals surface area contributed by atoms with E-state index in [0.717, 1.165) is 29.5 Å². The van der Waals surface area contributed by atoms with Gasteiger partial charge in [-0.3, -0.25) is 0 Å². The normalized spacial score (nSPS) is 16.8. The summed E-state index contributed by atoms with van der Waals surface area (Å²) in [5, 5.41) is 20.2. The van der Waals surface area contributed by atoms with Crippen LogP contribution in [0.4, 0.5) is 0 Å². The molecule has 1 aliphatic rings. The lowest BCUT2D eigenvalue weighted by molar-refractivity contribution is 0.0696. The van der Waals surface area contributed by atoms with Gasteiger partial charge in [0.2, 0.25) is 0 Å². The van der Waals surface area contributed by atoms with Crippen LogP contribution in [-0.2, 0) is 16.2 Å². The first-order chi connectivity index (χ1) is 17.2. The molecule has 4 rings (SSSR count). The average Bonchev–Trinajstić information content (AvgIpc) is 2.84. The Labute approximate surface area is 220 Å². The van der Waals surface area contributed by atoms with Gasteiger partial charge in [-0.05, 0) is 86.6 Å². The first-order valence-electron chi connectivity index (χ1n) is 12.9. The van der Waals surface area contributed by atoms with E-state index in [1.54, 1.807) is 6.07 Å². The van der Waals surface area contributed by atoms with Gasteiger partial charge in [0.05, 0.1) is 5.56 Å². The fourth-order valence-corrected chi connectivity index (χ4v) is 5.17. The minimum absolute atomic E-state index is 0.00779. The Balaban J connectivity index is 1.83. The predicted molar refractivity (Wildman–Crippen MR) is 149 cm³/mol. The molecule has 4 heteroatoms. The molecule has 3 aromatic rings. The van der Waals surface area contributed by atoms with Gasteiger partial charge in [-0.2, -0.15) is 0 Å². The molecule has 37 heavy (non-hydrogen) atoms. The number of pyridine rings is 1. The molecule has 0 saturated carbocycles. The summed E-state index contributed by atoms with van der Waals surface area (Å²) in [6.45, 7) is 15.8. The second-order valence-electron chi connectivity index (χ2n) is 12.5. The average molecular weight is 496 g/mol. The van der Waals surface area contributed by atoms with Crippen LogP contribution in [0.25, 0.3) is 11.1 Å². The summed E-state index contributed by atoms with van der Waals surface area (Å²) in [5.41, 5.74) is 7.53. The van der Waals surface area contributed by atoms with Crippen molar-refractivity contribution in [2.45, 2.75) is 83.7 Å². The summed E-state index contributed by atoms with van der Waals surface area (Å²) >= 11 is 0. The maximum atomic E-state index is 11.2. The minimum Gasteiger partial charge on any atom is -0.478 e. The number of aromatic carboxylic acids is 1. The number of carboxylic acid groups (broad SMARTS) is 1. The third-order valence-electron chi connectivity index (χ3n) is 7.67. The van der Waals surface area contributed by atoms with E-state index in [4.69, 9.17) is 5.11 Å². The SMILES string of the molecule is CC(C)(C)c1ccc(-c2cc(C(O)C#Cc3ccc(C(=O)O)cn3)cc3c2C(C)(C)CCC3(C)C)cc1. The van der Waals surface area contributed by atoms with Gasteiger partial charge in [0.1, 0.15) is 11.8 Å². The predicted octanol–water partition coefficient (Wildman–Crippen LogP) is 7.18. The van der Waals surface area contributed by atoms with Crippen LogP contribution >= 0.6 is 0 Å². The van der Waals surface area contributed by atoms with Crippen molar-refractivity contribution in [3.05, 3.63) is 88.2 Å². The minimum atomic E-state index is -1.03. The van der Waals surface area contributed by atoms with E-state index in [9.17, 15) is 9.90 Å². The fraction of sp³-hybridized carbons (Fsp3) is 0.394. The number of carbonyl (C=O) groups is 1. The van der Waals surface area contributed by atoms with Gasteiger partial charge in [-0.15, -0.1) is 0 Å². The Morgan fingerprint density at radius 1 is 0.973 bits per heavy atom. The number of hydrogen-bond donors (Lipinski definition) is 2. The van der Waals surface area contributed by atoms with Crippen molar-refractivity contribution in [2.24, 2.45) is 0 Å². The molecule has 1 aromatic heterocycles. The number of rotatable bonds is 3. The van der Waals surface area contributed by atoms with E-state index in [1.165, 1.54) is 29.0 Å². The summed E-state index contributed by atoms with van der Waals surface area (Å²) in [7, 11) is 0.